The minimum Gasteiger partial charge on any atom is -0.394 e. The summed E-state index contributed by atoms with van der Waals surface area (Å²) in [5.41, 5.74) is 0.558. The number of hydrogen-bond acceptors (Lipinski definition) is 4. The van der Waals surface area contributed by atoms with Crippen LogP contribution in [0.4, 0.5) is 0 Å². The fraction of sp³-hybridized carbons (Fsp3) is 0.300. The van der Waals surface area contributed by atoms with Crippen LogP contribution in [-0.4, -0.2) is 32.0 Å². The van der Waals surface area contributed by atoms with Crippen LogP contribution in [0.25, 0.3) is 0 Å². The minimum absolute atomic E-state index is 0.118. The van der Waals surface area contributed by atoms with Crippen molar-refractivity contribution in [3.8, 4) is 0 Å². The van der Waals surface area contributed by atoms with Gasteiger partial charge in [-0.1, -0.05) is 12.1 Å². The third-order valence-electron chi connectivity index (χ3n) is 2.28. The smallest absolute Gasteiger partial charge is 0.263 e. The quantitative estimate of drug-likeness (QED) is 0.770. The van der Waals surface area contributed by atoms with Gasteiger partial charge in [-0.3, -0.25) is 9.71 Å². The highest BCUT2D eigenvalue weighted by atomic mass is 32.2. The lowest BCUT2D eigenvalue weighted by atomic mass is 10.2. The number of aliphatic hydroxyl groups excluding tert-OH is 1. The van der Waals surface area contributed by atoms with Crippen LogP contribution in [0.15, 0.2) is 34.2 Å². The second-order valence-electron chi connectivity index (χ2n) is 3.61. The van der Waals surface area contributed by atoms with E-state index in [0.29, 0.717) is 11.4 Å². The molecule has 1 heterocycles. The molecule has 2 rings (SSSR count). The molecule has 0 aliphatic carbocycles. The number of aliphatic hydroxyl groups is 1. The first-order chi connectivity index (χ1) is 7.54. The third kappa shape index (κ3) is 1.81. The van der Waals surface area contributed by atoms with Crippen molar-refractivity contribution < 1.29 is 13.5 Å². The molecule has 0 fully saturated rings. The van der Waals surface area contributed by atoms with E-state index in [1.807, 2.05) is 0 Å². The summed E-state index contributed by atoms with van der Waals surface area (Å²) >= 11 is 0. The molecule has 1 aliphatic heterocycles. The van der Waals surface area contributed by atoms with Gasteiger partial charge in [0, 0.05) is 5.56 Å². The van der Waals surface area contributed by atoms with Gasteiger partial charge in [0.25, 0.3) is 10.0 Å². The molecule has 1 atom stereocenters. The average Bonchev–Trinajstić information content (AvgIpc) is 2.51. The van der Waals surface area contributed by atoms with Crippen molar-refractivity contribution in [3.05, 3.63) is 29.8 Å². The highest BCUT2D eigenvalue weighted by molar-refractivity contribution is 7.90. The lowest BCUT2D eigenvalue weighted by Crippen LogP contribution is -2.24. The zero-order chi connectivity index (χ0) is 11.8. The van der Waals surface area contributed by atoms with Crippen LogP contribution in [0.2, 0.25) is 0 Å². The first-order valence-corrected chi connectivity index (χ1v) is 6.34. The molecular formula is C10H12N2O3S. The Hall–Kier alpha value is -1.40. The van der Waals surface area contributed by atoms with Crippen molar-refractivity contribution >= 4 is 15.9 Å². The zero-order valence-electron chi connectivity index (χ0n) is 8.71. The van der Waals surface area contributed by atoms with Gasteiger partial charge in [0.15, 0.2) is 0 Å². The van der Waals surface area contributed by atoms with E-state index in [0.717, 1.165) is 0 Å². The van der Waals surface area contributed by atoms with Gasteiger partial charge in [-0.25, -0.2) is 8.42 Å². The van der Waals surface area contributed by atoms with Crippen molar-refractivity contribution in [1.29, 1.82) is 0 Å². The van der Waals surface area contributed by atoms with Gasteiger partial charge in [-0.2, -0.15) is 0 Å². The van der Waals surface area contributed by atoms with Crippen LogP contribution in [-0.2, 0) is 10.0 Å². The summed E-state index contributed by atoms with van der Waals surface area (Å²) in [4.78, 5) is 4.34. The van der Waals surface area contributed by atoms with E-state index >= 15 is 0 Å². The molecule has 1 aliphatic rings. The molecule has 0 radical (unpaired) electrons. The SMILES string of the molecule is CC(CO)N=C1NS(=O)(=O)c2ccccc21. The predicted octanol–water partition coefficient (Wildman–Crippen LogP) is 0.106. The Balaban J connectivity index is 2.53. The van der Waals surface area contributed by atoms with Crippen molar-refractivity contribution in [2.24, 2.45) is 4.99 Å². The van der Waals surface area contributed by atoms with Crippen LogP contribution in [0.1, 0.15) is 12.5 Å². The van der Waals surface area contributed by atoms with Gasteiger partial charge >= 0.3 is 0 Å². The maximum absolute atomic E-state index is 11.7. The normalized spacial score (nSPS) is 21.5. The Morgan fingerprint density at radius 2 is 2.12 bits per heavy atom. The number of sulfonamides is 1. The van der Waals surface area contributed by atoms with Crippen molar-refractivity contribution in [3.63, 3.8) is 0 Å². The standard InChI is InChI=1S/C10H12N2O3S/c1-7(6-13)11-10-8-4-2-3-5-9(8)16(14,15)12-10/h2-5,7,13H,6H2,1H3,(H,11,12). The third-order valence-corrected chi connectivity index (χ3v) is 3.67. The Bertz CT molecular complexity index is 537. The summed E-state index contributed by atoms with van der Waals surface area (Å²) in [5.74, 6) is 0.303. The van der Waals surface area contributed by atoms with Crippen molar-refractivity contribution in [2.75, 3.05) is 6.61 Å². The molecule has 86 valence electrons. The van der Waals surface area contributed by atoms with E-state index in [1.54, 1.807) is 25.1 Å². The Labute approximate surface area is 93.9 Å². The fourth-order valence-electron chi connectivity index (χ4n) is 1.49. The average molecular weight is 240 g/mol. The molecule has 0 saturated carbocycles. The summed E-state index contributed by atoms with van der Waals surface area (Å²) in [6, 6.07) is 6.31. The first-order valence-electron chi connectivity index (χ1n) is 4.85. The first kappa shape index (κ1) is 11.1. The molecule has 16 heavy (non-hydrogen) atoms. The van der Waals surface area contributed by atoms with E-state index in [1.165, 1.54) is 6.07 Å². The molecule has 1 unspecified atom stereocenters. The minimum atomic E-state index is -3.47. The highest BCUT2D eigenvalue weighted by Crippen LogP contribution is 2.22. The number of benzene rings is 1. The fourth-order valence-corrected chi connectivity index (χ4v) is 2.73. The summed E-state index contributed by atoms with van der Waals surface area (Å²) in [6.07, 6.45) is 0. The molecule has 0 spiro atoms. The van der Waals surface area contributed by atoms with Crippen molar-refractivity contribution in [2.45, 2.75) is 17.9 Å². The summed E-state index contributed by atoms with van der Waals surface area (Å²) in [6.45, 7) is 1.59. The van der Waals surface area contributed by atoms with Crippen LogP contribution in [0, 0.1) is 0 Å². The molecule has 0 bridgehead atoms. The number of fused-ring (bicyclic) bond motifs is 1. The maximum atomic E-state index is 11.7. The number of rotatable bonds is 2. The number of nitrogens with one attached hydrogen (secondary N) is 1. The molecule has 0 aromatic heterocycles. The maximum Gasteiger partial charge on any atom is 0.263 e. The van der Waals surface area contributed by atoms with E-state index in [4.69, 9.17) is 5.11 Å². The lowest BCUT2D eigenvalue weighted by molar-refractivity contribution is 0.274. The van der Waals surface area contributed by atoms with Gasteiger partial charge in [0.2, 0.25) is 0 Å². The van der Waals surface area contributed by atoms with Gasteiger partial charge < -0.3 is 5.11 Å². The van der Waals surface area contributed by atoms with Crippen LogP contribution < -0.4 is 4.72 Å². The van der Waals surface area contributed by atoms with Gasteiger partial charge in [-0.05, 0) is 19.1 Å². The Kier molecular flexibility index (Phi) is 2.69. The second kappa shape index (κ2) is 3.88. The molecule has 2 N–H and O–H groups in total. The van der Waals surface area contributed by atoms with E-state index in [9.17, 15) is 8.42 Å². The highest BCUT2D eigenvalue weighted by Gasteiger charge is 2.30. The second-order valence-corrected chi connectivity index (χ2v) is 5.26. The van der Waals surface area contributed by atoms with Crippen molar-refractivity contribution in [1.82, 2.24) is 4.72 Å². The summed E-state index contributed by atoms with van der Waals surface area (Å²) in [7, 11) is -3.47. The molecule has 0 amide bonds. The van der Waals surface area contributed by atoms with Crippen LogP contribution in [0.3, 0.4) is 0 Å². The zero-order valence-corrected chi connectivity index (χ0v) is 9.53. The molecule has 5 nitrogen and oxygen atoms in total. The van der Waals surface area contributed by atoms with Gasteiger partial charge in [-0.15, -0.1) is 0 Å². The van der Waals surface area contributed by atoms with E-state index in [-0.39, 0.29) is 17.5 Å². The van der Waals surface area contributed by atoms with Crippen LogP contribution in [0.5, 0.6) is 0 Å². The number of aliphatic imine (C=N–C) groups is 1. The topological polar surface area (TPSA) is 78.8 Å². The Morgan fingerprint density at radius 1 is 1.44 bits per heavy atom. The molecular weight excluding hydrogens is 228 g/mol. The largest absolute Gasteiger partial charge is 0.394 e. The monoisotopic (exact) mass is 240 g/mol. The van der Waals surface area contributed by atoms with Crippen LogP contribution >= 0.6 is 0 Å². The Morgan fingerprint density at radius 3 is 2.81 bits per heavy atom. The molecule has 0 saturated heterocycles. The molecule has 1 aromatic carbocycles. The van der Waals surface area contributed by atoms with Gasteiger partial charge in [0.1, 0.15) is 5.84 Å². The molecule has 6 heteroatoms. The lowest BCUT2D eigenvalue weighted by Gasteiger charge is -2.03. The predicted molar refractivity (Wildman–Crippen MR) is 59.8 cm³/mol. The summed E-state index contributed by atoms with van der Waals surface area (Å²) in [5, 5.41) is 8.89. The molecule has 1 aromatic rings. The summed E-state index contributed by atoms with van der Waals surface area (Å²) < 4.78 is 25.7. The van der Waals surface area contributed by atoms with E-state index in [2.05, 4.69) is 9.71 Å². The number of nitrogens with zero attached hydrogens (tertiary/aromatic N) is 1. The van der Waals surface area contributed by atoms with E-state index < -0.39 is 10.0 Å². The van der Waals surface area contributed by atoms with Gasteiger partial charge in [0.05, 0.1) is 17.5 Å². The number of hydrogen-bond donors (Lipinski definition) is 2. The number of amidine groups is 1.